The highest BCUT2D eigenvalue weighted by atomic mass is 16.7. The van der Waals surface area contributed by atoms with Crippen molar-refractivity contribution in [3.63, 3.8) is 0 Å². The number of carbonyl (C=O) groups is 3. The molecule has 0 aromatic carbocycles. The summed E-state index contributed by atoms with van der Waals surface area (Å²) in [5.41, 5.74) is 0. The molecular weight excluding hydrogens is 815 g/mol. The summed E-state index contributed by atoms with van der Waals surface area (Å²) >= 11 is 0. The smallest absolute Gasteiger partial charge is 0.306 e. The summed E-state index contributed by atoms with van der Waals surface area (Å²) in [5, 5.41) is 11.7. The molecule has 9 nitrogen and oxygen atoms in total. The zero-order chi connectivity index (χ0) is 47.7. The van der Waals surface area contributed by atoms with Gasteiger partial charge in [-0.3, -0.25) is 9.59 Å². The van der Waals surface area contributed by atoms with E-state index in [9.17, 15) is 19.5 Å². The van der Waals surface area contributed by atoms with E-state index < -0.39 is 30.3 Å². The third-order valence-corrected chi connectivity index (χ3v) is 9.39. The van der Waals surface area contributed by atoms with Crippen LogP contribution in [-0.2, 0) is 33.3 Å². The van der Waals surface area contributed by atoms with Gasteiger partial charge < -0.3 is 33.3 Å². The summed E-state index contributed by atoms with van der Waals surface area (Å²) in [4.78, 5) is 37.1. The number of esters is 2. The van der Waals surface area contributed by atoms with E-state index in [1.54, 1.807) is 0 Å². The number of likely N-dealkylation sites (N-methyl/N-ethyl adjacent to an activating group) is 1. The van der Waals surface area contributed by atoms with Crippen LogP contribution in [-0.4, -0.2) is 82.3 Å². The molecule has 0 heterocycles. The normalized spacial score (nSPS) is 14.0. The van der Waals surface area contributed by atoms with Crippen molar-refractivity contribution < 1.29 is 42.9 Å². The second-order valence-electron chi connectivity index (χ2n) is 16.6. The van der Waals surface area contributed by atoms with E-state index in [2.05, 4.69) is 148 Å². The zero-order valence-electron chi connectivity index (χ0n) is 41.0. The predicted molar refractivity (Wildman–Crippen MR) is 269 cm³/mol. The highest BCUT2D eigenvalue weighted by Gasteiger charge is 2.21. The van der Waals surface area contributed by atoms with Crippen LogP contribution in [0.1, 0.15) is 142 Å². The number of nitrogens with zero attached hydrogens (tertiary/aromatic N) is 1. The SMILES string of the molecule is CC/C=C\C/C=C\C/C=C\C/C=C\C/C=C\C/C=C\CCCCC(=O)OC(COC(=O)CCCCC/C=C\C/C=C\C/C=C\C/C=C\C/C=C\CC)COC(OCC[N+](C)(C)C)C(=O)[O-]. The van der Waals surface area contributed by atoms with Gasteiger partial charge in [-0.25, -0.2) is 0 Å². The Kier molecular flexibility index (Phi) is 42.7. The predicted octanol–water partition coefficient (Wildman–Crippen LogP) is 12.2. The van der Waals surface area contributed by atoms with E-state index >= 15 is 0 Å². The first-order chi connectivity index (χ1) is 31.6. The molecule has 9 heteroatoms. The molecule has 2 unspecified atom stereocenters. The van der Waals surface area contributed by atoms with Crippen LogP contribution in [0, 0.1) is 0 Å². The van der Waals surface area contributed by atoms with Crippen LogP contribution in [0.15, 0.2) is 134 Å². The van der Waals surface area contributed by atoms with E-state index in [1.165, 1.54) is 0 Å². The Morgan fingerprint density at radius 1 is 0.462 bits per heavy atom. The number of allylic oxidation sites excluding steroid dienone is 22. The van der Waals surface area contributed by atoms with Gasteiger partial charge in [0.2, 0.25) is 0 Å². The number of rotatable bonds is 42. The van der Waals surface area contributed by atoms with Crippen LogP contribution in [0.3, 0.4) is 0 Å². The number of unbranched alkanes of at least 4 members (excludes halogenated alkanes) is 5. The van der Waals surface area contributed by atoms with Crippen LogP contribution in [0.4, 0.5) is 0 Å². The third kappa shape index (κ3) is 47.2. The third-order valence-electron chi connectivity index (χ3n) is 9.39. The fourth-order valence-electron chi connectivity index (χ4n) is 5.68. The standard InChI is InChI=1S/C56H87NO8/c1-6-8-10-12-14-16-18-20-22-24-26-27-29-31-33-35-37-39-41-43-45-47-54(59)65-52(51-64-56(55(60)61)62-49-48-57(3,4)5)50-63-53(58)46-44-42-40-38-36-34-32-30-28-25-23-21-19-17-15-13-11-9-7-2/h8-11,14-17,20-23,26-28,30-31,33-34,36-37,39,52,56H,6-7,12-13,18-19,24-25,29,32,35,38,40-51H2,1-5H3/b10-8-,11-9-,16-14-,17-15-,22-20-,23-21-,27-26-,30-28-,33-31-,36-34-,39-37-. The maximum Gasteiger partial charge on any atom is 0.306 e. The quantitative estimate of drug-likeness (QED) is 0.0196. The van der Waals surface area contributed by atoms with Crippen molar-refractivity contribution in [3.8, 4) is 0 Å². The molecule has 0 aromatic heterocycles. The van der Waals surface area contributed by atoms with Gasteiger partial charge in [-0.05, 0) is 109 Å². The lowest BCUT2D eigenvalue weighted by molar-refractivity contribution is -0.870. The van der Waals surface area contributed by atoms with Crippen LogP contribution in [0.5, 0.6) is 0 Å². The Morgan fingerprint density at radius 3 is 1.23 bits per heavy atom. The number of carboxylic acids is 1. The van der Waals surface area contributed by atoms with Crippen LogP contribution in [0.2, 0.25) is 0 Å². The molecule has 65 heavy (non-hydrogen) atoms. The lowest BCUT2D eigenvalue weighted by Crippen LogP contribution is -2.44. The summed E-state index contributed by atoms with van der Waals surface area (Å²) in [6.45, 7) is 4.38. The fourth-order valence-corrected chi connectivity index (χ4v) is 5.68. The molecule has 0 bridgehead atoms. The molecule has 0 rings (SSSR count). The minimum Gasteiger partial charge on any atom is -0.545 e. The first kappa shape index (κ1) is 60.4. The van der Waals surface area contributed by atoms with Crippen molar-refractivity contribution in [2.45, 2.75) is 155 Å². The van der Waals surface area contributed by atoms with Gasteiger partial charge in [0.15, 0.2) is 12.4 Å². The van der Waals surface area contributed by atoms with Gasteiger partial charge in [0.25, 0.3) is 0 Å². The van der Waals surface area contributed by atoms with Gasteiger partial charge in [-0.1, -0.05) is 154 Å². The average molecular weight is 902 g/mol. The summed E-state index contributed by atoms with van der Waals surface area (Å²) in [5.74, 6) is -2.41. The van der Waals surface area contributed by atoms with Gasteiger partial charge in [-0.15, -0.1) is 0 Å². The second kappa shape index (κ2) is 46.0. The maximum atomic E-state index is 12.8. The number of aliphatic carboxylic acids is 1. The number of hydrogen-bond acceptors (Lipinski definition) is 8. The molecule has 0 N–H and O–H groups in total. The molecule has 0 fully saturated rings. The number of hydrogen-bond donors (Lipinski definition) is 0. The van der Waals surface area contributed by atoms with E-state index in [-0.39, 0.29) is 32.7 Å². The Bertz CT molecular complexity index is 1520. The molecule has 2 atom stereocenters. The fraction of sp³-hybridized carbons (Fsp3) is 0.554. The highest BCUT2D eigenvalue weighted by molar-refractivity contribution is 5.70. The van der Waals surface area contributed by atoms with E-state index in [0.717, 1.165) is 103 Å². The largest absolute Gasteiger partial charge is 0.545 e. The van der Waals surface area contributed by atoms with Crippen molar-refractivity contribution in [1.82, 2.24) is 0 Å². The Balaban J connectivity index is 4.57. The number of carboxylic acid groups (broad SMARTS) is 1. The van der Waals surface area contributed by atoms with Gasteiger partial charge >= 0.3 is 11.9 Å². The van der Waals surface area contributed by atoms with E-state index in [4.69, 9.17) is 18.9 Å². The molecule has 0 aliphatic carbocycles. The lowest BCUT2D eigenvalue weighted by Gasteiger charge is -2.26. The Labute approximate surface area is 395 Å². The highest BCUT2D eigenvalue weighted by Crippen LogP contribution is 2.10. The molecule has 0 spiro atoms. The molecule has 0 amide bonds. The van der Waals surface area contributed by atoms with Gasteiger partial charge in [0.05, 0.1) is 40.3 Å². The van der Waals surface area contributed by atoms with Crippen molar-refractivity contribution in [2.75, 3.05) is 47.5 Å². The summed E-state index contributed by atoms with van der Waals surface area (Å²) in [6.07, 6.45) is 62.0. The zero-order valence-corrected chi connectivity index (χ0v) is 41.0. The molecule has 0 saturated carbocycles. The first-order valence-corrected chi connectivity index (χ1v) is 24.3. The number of carbonyl (C=O) groups excluding carboxylic acids is 3. The first-order valence-electron chi connectivity index (χ1n) is 24.3. The van der Waals surface area contributed by atoms with Crippen LogP contribution < -0.4 is 5.11 Å². The van der Waals surface area contributed by atoms with Gasteiger partial charge in [0.1, 0.15) is 13.2 Å². The Hall–Kier alpha value is -4.57. The molecule has 0 aliphatic heterocycles. The van der Waals surface area contributed by atoms with Crippen molar-refractivity contribution in [2.24, 2.45) is 0 Å². The van der Waals surface area contributed by atoms with Gasteiger partial charge in [-0.2, -0.15) is 0 Å². The molecular formula is C56H87NO8. The molecule has 0 aromatic rings. The van der Waals surface area contributed by atoms with E-state index in [1.807, 2.05) is 21.1 Å². The monoisotopic (exact) mass is 902 g/mol. The minimum atomic E-state index is -1.65. The second-order valence-corrected chi connectivity index (χ2v) is 16.6. The van der Waals surface area contributed by atoms with Gasteiger partial charge in [0, 0.05) is 12.8 Å². The lowest BCUT2D eigenvalue weighted by atomic mass is 10.1. The molecule has 0 aliphatic rings. The van der Waals surface area contributed by atoms with E-state index in [0.29, 0.717) is 23.9 Å². The van der Waals surface area contributed by atoms with Crippen LogP contribution in [0.25, 0.3) is 0 Å². The van der Waals surface area contributed by atoms with Crippen LogP contribution >= 0.6 is 0 Å². The van der Waals surface area contributed by atoms with Crippen molar-refractivity contribution >= 4 is 17.9 Å². The minimum absolute atomic E-state index is 0.124. The number of ether oxygens (including phenoxy) is 4. The number of quaternary nitrogens is 1. The molecule has 0 radical (unpaired) electrons. The molecule has 364 valence electrons. The topological polar surface area (TPSA) is 111 Å². The van der Waals surface area contributed by atoms with Crippen molar-refractivity contribution in [1.29, 1.82) is 0 Å². The summed E-state index contributed by atoms with van der Waals surface area (Å²) in [7, 11) is 5.87. The summed E-state index contributed by atoms with van der Waals surface area (Å²) < 4.78 is 22.5. The summed E-state index contributed by atoms with van der Waals surface area (Å²) in [6, 6.07) is 0. The maximum absolute atomic E-state index is 12.8. The average Bonchev–Trinajstić information content (AvgIpc) is 3.27. The van der Waals surface area contributed by atoms with Crippen molar-refractivity contribution in [3.05, 3.63) is 134 Å². The molecule has 0 saturated heterocycles. The Morgan fingerprint density at radius 2 is 0.831 bits per heavy atom.